The zero-order valence-corrected chi connectivity index (χ0v) is 12.9. The van der Waals surface area contributed by atoms with Crippen LogP contribution in [0.25, 0.3) is 0 Å². The highest BCUT2D eigenvalue weighted by Gasteiger charge is 2.46. The molecule has 2 heterocycles. The van der Waals surface area contributed by atoms with Gasteiger partial charge in [-0.05, 0) is 29.8 Å². The third-order valence-electron chi connectivity index (χ3n) is 4.99. The fraction of sp³-hybridized carbons (Fsp3) is 0.333. The van der Waals surface area contributed by atoms with Gasteiger partial charge in [0.1, 0.15) is 5.75 Å². The molecule has 2 aromatic carbocycles. The summed E-state index contributed by atoms with van der Waals surface area (Å²) >= 11 is 6.20. The first-order valence-electron chi connectivity index (χ1n) is 7.35. The standard InChI is InChI=1S/C18H18ClNO/c1-18(2)13-9-11(19)7-8-15(13)20-17-12-5-3-4-6-16(12)21-10-14(17)18/h3-9,14,17,20H,10H2,1-2H3/t14-,17+/m1/s1. The molecule has 1 N–H and O–H groups in total. The number of anilines is 1. The average molecular weight is 300 g/mol. The van der Waals surface area contributed by atoms with Crippen LogP contribution < -0.4 is 10.1 Å². The molecule has 0 radical (unpaired) electrons. The Balaban J connectivity index is 1.88. The fourth-order valence-electron chi connectivity index (χ4n) is 3.71. The molecule has 0 fully saturated rings. The molecule has 0 saturated heterocycles. The maximum atomic E-state index is 6.20. The van der Waals surface area contributed by atoms with Crippen molar-refractivity contribution in [1.29, 1.82) is 0 Å². The van der Waals surface area contributed by atoms with E-state index in [0.717, 1.165) is 17.4 Å². The minimum Gasteiger partial charge on any atom is -0.493 e. The van der Waals surface area contributed by atoms with Gasteiger partial charge in [0.05, 0.1) is 12.6 Å². The van der Waals surface area contributed by atoms with Gasteiger partial charge in [-0.25, -0.2) is 0 Å². The summed E-state index contributed by atoms with van der Waals surface area (Å²) in [4.78, 5) is 0. The van der Waals surface area contributed by atoms with Gasteiger partial charge in [-0.15, -0.1) is 0 Å². The summed E-state index contributed by atoms with van der Waals surface area (Å²) in [5, 5.41) is 4.49. The Labute approximate surface area is 130 Å². The van der Waals surface area contributed by atoms with Crippen LogP contribution in [0.4, 0.5) is 5.69 Å². The Morgan fingerprint density at radius 2 is 2.00 bits per heavy atom. The largest absolute Gasteiger partial charge is 0.493 e. The second kappa shape index (κ2) is 4.41. The van der Waals surface area contributed by atoms with Crippen LogP contribution in [0.3, 0.4) is 0 Å². The number of hydrogen-bond donors (Lipinski definition) is 1. The Kier molecular flexibility index (Phi) is 2.74. The van der Waals surface area contributed by atoms with Gasteiger partial charge in [0.15, 0.2) is 0 Å². The van der Waals surface area contributed by atoms with Crippen molar-refractivity contribution < 1.29 is 4.74 Å². The highest BCUT2D eigenvalue weighted by atomic mass is 35.5. The van der Waals surface area contributed by atoms with Crippen LogP contribution in [0.15, 0.2) is 42.5 Å². The molecular formula is C18H18ClNO. The van der Waals surface area contributed by atoms with Crippen molar-refractivity contribution in [3.05, 3.63) is 58.6 Å². The van der Waals surface area contributed by atoms with Crippen molar-refractivity contribution in [2.75, 3.05) is 11.9 Å². The van der Waals surface area contributed by atoms with Gasteiger partial charge in [-0.3, -0.25) is 0 Å². The molecule has 0 spiro atoms. The van der Waals surface area contributed by atoms with Gasteiger partial charge in [-0.2, -0.15) is 0 Å². The van der Waals surface area contributed by atoms with Crippen molar-refractivity contribution in [3.63, 3.8) is 0 Å². The van der Waals surface area contributed by atoms with E-state index in [-0.39, 0.29) is 5.41 Å². The van der Waals surface area contributed by atoms with Crippen LogP contribution in [0.5, 0.6) is 5.75 Å². The summed E-state index contributed by atoms with van der Waals surface area (Å²) in [6.07, 6.45) is 0. The molecule has 4 rings (SSSR count). The van der Waals surface area contributed by atoms with E-state index in [4.69, 9.17) is 16.3 Å². The Morgan fingerprint density at radius 3 is 2.86 bits per heavy atom. The summed E-state index contributed by atoms with van der Waals surface area (Å²) < 4.78 is 6.00. The van der Waals surface area contributed by atoms with Gasteiger partial charge in [0.2, 0.25) is 0 Å². The van der Waals surface area contributed by atoms with Crippen molar-refractivity contribution in [2.45, 2.75) is 25.3 Å². The predicted molar refractivity (Wildman–Crippen MR) is 86.3 cm³/mol. The van der Waals surface area contributed by atoms with Crippen molar-refractivity contribution in [2.24, 2.45) is 5.92 Å². The SMILES string of the molecule is CC1(C)c2cc(Cl)ccc2N[C@H]2c3ccccc3OC[C@H]21. The molecule has 21 heavy (non-hydrogen) atoms. The molecule has 108 valence electrons. The molecule has 0 amide bonds. The predicted octanol–water partition coefficient (Wildman–Crippen LogP) is 4.79. The first kappa shape index (κ1) is 13.0. The second-order valence-electron chi connectivity index (χ2n) is 6.49. The van der Waals surface area contributed by atoms with Crippen LogP contribution in [-0.4, -0.2) is 6.61 Å². The van der Waals surface area contributed by atoms with Crippen molar-refractivity contribution >= 4 is 17.3 Å². The van der Waals surface area contributed by atoms with Gasteiger partial charge < -0.3 is 10.1 Å². The number of para-hydroxylation sites is 1. The maximum absolute atomic E-state index is 6.20. The molecule has 2 atom stereocenters. The van der Waals surface area contributed by atoms with Gasteiger partial charge in [0.25, 0.3) is 0 Å². The molecule has 0 saturated carbocycles. The molecule has 0 unspecified atom stereocenters. The highest BCUT2D eigenvalue weighted by molar-refractivity contribution is 6.30. The first-order valence-corrected chi connectivity index (χ1v) is 7.73. The van der Waals surface area contributed by atoms with Crippen LogP contribution in [0.1, 0.15) is 31.0 Å². The molecule has 2 aliphatic rings. The topological polar surface area (TPSA) is 21.3 Å². The minimum atomic E-state index is 0.0175. The fourth-order valence-corrected chi connectivity index (χ4v) is 3.88. The highest BCUT2D eigenvalue weighted by Crippen LogP contribution is 2.52. The number of fused-ring (bicyclic) bond motifs is 4. The molecule has 0 aliphatic carbocycles. The normalized spacial score (nSPS) is 24.9. The van der Waals surface area contributed by atoms with E-state index in [1.165, 1.54) is 16.8 Å². The number of rotatable bonds is 0. The lowest BCUT2D eigenvalue weighted by Gasteiger charge is -2.48. The molecule has 2 aromatic rings. The van der Waals surface area contributed by atoms with Crippen LogP contribution in [-0.2, 0) is 5.41 Å². The number of halogens is 1. The van der Waals surface area contributed by atoms with E-state index >= 15 is 0 Å². The Bertz CT molecular complexity index is 710. The average Bonchev–Trinajstić information content (AvgIpc) is 2.48. The number of hydrogen-bond acceptors (Lipinski definition) is 2. The number of ether oxygens (including phenoxy) is 1. The van der Waals surface area contributed by atoms with Gasteiger partial charge >= 0.3 is 0 Å². The Morgan fingerprint density at radius 1 is 1.19 bits per heavy atom. The van der Waals surface area contributed by atoms with E-state index in [1.807, 2.05) is 12.1 Å². The monoisotopic (exact) mass is 299 g/mol. The Hall–Kier alpha value is -1.67. The zero-order chi connectivity index (χ0) is 14.6. The molecular weight excluding hydrogens is 282 g/mol. The van der Waals surface area contributed by atoms with E-state index in [2.05, 4.69) is 49.5 Å². The number of nitrogens with one attached hydrogen (secondary N) is 1. The van der Waals surface area contributed by atoms with Crippen LogP contribution in [0.2, 0.25) is 5.02 Å². The molecule has 2 nitrogen and oxygen atoms in total. The lowest BCUT2D eigenvalue weighted by molar-refractivity contribution is 0.136. The maximum Gasteiger partial charge on any atom is 0.124 e. The second-order valence-corrected chi connectivity index (χ2v) is 6.93. The van der Waals surface area contributed by atoms with Crippen molar-refractivity contribution in [3.8, 4) is 5.75 Å². The summed E-state index contributed by atoms with van der Waals surface area (Å²) in [7, 11) is 0. The van der Waals surface area contributed by atoms with Gasteiger partial charge in [-0.1, -0.05) is 43.6 Å². The first-order chi connectivity index (χ1) is 10.1. The van der Waals surface area contributed by atoms with Crippen molar-refractivity contribution in [1.82, 2.24) is 0 Å². The smallest absolute Gasteiger partial charge is 0.124 e. The zero-order valence-electron chi connectivity index (χ0n) is 12.2. The molecule has 0 bridgehead atoms. The van der Waals surface area contributed by atoms with E-state index in [1.54, 1.807) is 0 Å². The summed E-state index contributed by atoms with van der Waals surface area (Å²) in [6, 6.07) is 14.7. The van der Waals surface area contributed by atoms with E-state index < -0.39 is 0 Å². The molecule has 3 heteroatoms. The van der Waals surface area contributed by atoms with Crippen LogP contribution >= 0.6 is 11.6 Å². The third-order valence-corrected chi connectivity index (χ3v) is 5.22. The minimum absolute atomic E-state index is 0.0175. The summed E-state index contributed by atoms with van der Waals surface area (Å²) in [5.74, 6) is 1.39. The summed E-state index contributed by atoms with van der Waals surface area (Å²) in [5.41, 5.74) is 3.73. The summed E-state index contributed by atoms with van der Waals surface area (Å²) in [6.45, 7) is 5.31. The van der Waals surface area contributed by atoms with E-state index in [0.29, 0.717) is 12.0 Å². The quantitative estimate of drug-likeness (QED) is 0.755. The lowest BCUT2D eigenvalue weighted by atomic mass is 9.65. The third kappa shape index (κ3) is 1.86. The lowest BCUT2D eigenvalue weighted by Crippen LogP contribution is -2.46. The van der Waals surface area contributed by atoms with Crippen LogP contribution in [0, 0.1) is 5.92 Å². The van der Waals surface area contributed by atoms with E-state index in [9.17, 15) is 0 Å². The molecule has 0 aromatic heterocycles. The molecule has 2 aliphatic heterocycles. The number of benzene rings is 2. The van der Waals surface area contributed by atoms with Gasteiger partial charge in [0, 0.05) is 27.6 Å².